The van der Waals surface area contributed by atoms with Crippen LogP contribution in [-0.4, -0.2) is 127 Å². The predicted octanol–water partition coefficient (Wildman–Crippen LogP) is 6.93. The van der Waals surface area contributed by atoms with Gasteiger partial charge in [0, 0.05) is 49.1 Å². The summed E-state index contributed by atoms with van der Waals surface area (Å²) in [6, 6.07) is 17.6. The fourth-order valence-electron chi connectivity index (χ4n) is 12.0. The Balaban J connectivity index is 0.780. The molecule has 5 heterocycles. The van der Waals surface area contributed by atoms with E-state index in [-0.39, 0.29) is 75.1 Å². The van der Waals surface area contributed by atoms with Crippen LogP contribution in [-0.2, 0) is 62.1 Å². The first-order valence-electron chi connectivity index (χ1n) is 30.2. The van der Waals surface area contributed by atoms with Crippen LogP contribution in [0.4, 0.5) is 10.1 Å². The van der Waals surface area contributed by atoms with Crippen LogP contribution in [0, 0.1) is 18.2 Å². The SMILES string of the molecule is CC(=O)O[C@@H]1C[C@@H](C(=O)N[C@@H](C)c2ccc(-c3scnc3C)cc2)N(C(=O)[C@@H](NC(=O)CCCCCc2cccc(OC[C@H](CCC(N)=O)NC(=O)[C@@H]3Cc4cccc5c4N3C(=O)[C@@H](NC(=O)c3cc4cc(C(=O)P(=O)(O)O)ccc4[nH]3)CC5)c2F)C(C)(C)C)C1. The number of anilines is 1. The number of carbonyl (C=O) groups excluding carboxylic acids is 9. The van der Waals surface area contributed by atoms with Crippen LogP contribution in [0.15, 0.2) is 90.4 Å². The van der Waals surface area contributed by atoms with E-state index >= 15 is 4.39 Å². The molecular weight excluding hydrogens is 1210 g/mol. The second-order valence-corrected chi connectivity index (χ2v) is 26.9. The molecule has 3 aliphatic rings. The molecule has 1 fully saturated rings. The minimum absolute atomic E-state index is 0.00461. The first-order valence-corrected chi connectivity index (χ1v) is 32.7. The van der Waals surface area contributed by atoms with Crippen LogP contribution in [0.1, 0.15) is 141 Å². The molecule has 9 rings (SSSR count). The molecule has 9 N–H and O–H groups in total. The molecule has 0 unspecified atom stereocenters. The summed E-state index contributed by atoms with van der Waals surface area (Å²) in [6.07, 6.45) is 1.54. The van der Waals surface area contributed by atoms with Crippen LogP contribution >= 0.6 is 18.9 Å². The van der Waals surface area contributed by atoms with E-state index in [2.05, 4.69) is 31.2 Å². The van der Waals surface area contributed by atoms with Gasteiger partial charge in [0.1, 0.15) is 42.6 Å². The summed E-state index contributed by atoms with van der Waals surface area (Å²) in [6.45, 7) is 10.1. The number of fused-ring (bicyclic) bond motifs is 1. The van der Waals surface area contributed by atoms with Gasteiger partial charge in [-0.25, -0.2) is 9.37 Å². The Bertz CT molecular complexity index is 3840. The number of esters is 1. The Hall–Kier alpha value is -8.64. The van der Waals surface area contributed by atoms with Crippen molar-refractivity contribution in [1.29, 1.82) is 0 Å². The van der Waals surface area contributed by atoms with E-state index in [1.807, 2.05) is 56.3 Å². The van der Waals surface area contributed by atoms with Gasteiger partial charge in [-0.3, -0.25) is 52.6 Å². The molecule has 0 radical (unpaired) electrons. The van der Waals surface area contributed by atoms with Gasteiger partial charge in [-0.1, -0.05) is 81.8 Å². The maximum atomic E-state index is 16.2. The highest BCUT2D eigenvalue weighted by Crippen LogP contribution is 2.41. The third-order valence-electron chi connectivity index (χ3n) is 16.7. The van der Waals surface area contributed by atoms with E-state index in [0.29, 0.717) is 47.8 Å². The molecule has 3 aliphatic heterocycles. The number of rotatable bonds is 25. The number of primary amides is 1. The summed E-state index contributed by atoms with van der Waals surface area (Å²) in [5, 5.41) is 11.9. The summed E-state index contributed by atoms with van der Waals surface area (Å²) in [5.41, 5.74) is 10.4. The molecule has 7 atom stereocenters. The Morgan fingerprint density at radius 2 is 1.63 bits per heavy atom. The van der Waals surface area contributed by atoms with Crippen molar-refractivity contribution in [2.24, 2.45) is 11.1 Å². The third-order valence-corrected chi connectivity index (χ3v) is 18.5. The number of thiazole rings is 1. The van der Waals surface area contributed by atoms with E-state index < -0.39 is 114 Å². The topological polar surface area (TPSA) is 339 Å². The molecule has 4 aromatic carbocycles. The van der Waals surface area contributed by atoms with Gasteiger partial charge in [-0.2, -0.15) is 0 Å². The molecule has 0 saturated carbocycles. The standard InChI is InChI=1S/C65H75FN9O14PS/c1-35(38-18-20-41(21-19-38)57-36(2)68-34-91-57)69-60(80)50-31-46(89-37(3)76)32-74(50)63(83)58(65(4,5)6)73-54(78)17-9-7-8-12-39-13-11-16-52(55(39)66)88-33-45(24-27-53(67)77)70-61(81)51-30-42-15-10-14-40-22-26-48(62(82)75(51)56(40)42)72-59(79)49-29-44-28-43(23-25-47(44)71-49)64(84)90(85,86)87/h10-11,13-16,18-21,23,25,28-29,34-35,45-46,48,50-51,58,71H,7-9,12,17,22,24,26-27,30-33H2,1-6H3,(H2,67,77)(H,69,80)(H,70,81)(H,72,79)(H,73,78)(H2,85,86,87)/t35-,45-,46+,48-,50-,51-,58+/m0/s1. The summed E-state index contributed by atoms with van der Waals surface area (Å²) in [5.74, 6) is -5.12. The first kappa shape index (κ1) is 66.8. The molecule has 23 nitrogen and oxygen atoms in total. The fourth-order valence-corrected chi connectivity index (χ4v) is 13.2. The molecule has 0 bridgehead atoms. The summed E-state index contributed by atoms with van der Waals surface area (Å²) < 4.78 is 39.3. The summed E-state index contributed by atoms with van der Waals surface area (Å²) >= 11 is 1.54. The lowest BCUT2D eigenvalue weighted by Crippen LogP contribution is -2.57. The second-order valence-electron chi connectivity index (χ2n) is 24.5. The first-order chi connectivity index (χ1) is 43.1. The number of carbonyl (C=O) groups is 9. The average molecular weight is 1290 g/mol. The molecule has 0 spiro atoms. The number of para-hydroxylation sites is 1. The number of nitrogens with two attached hydrogens (primary N) is 1. The number of hydrogen-bond donors (Lipinski definition) is 8. The maximum Gasteiger partial charge on any atom is 0.396 e. The Kier molecular flexibility index (Phi) is 20.7. The maximum absolute atomic E-state index is 16.2. The molecule has 91 heavy (non-hydrogen) atoms. The van der Waals surface area contributed by atoms with Crippen LogP contribution in [0.2, 0.25) is 0 Å². The van der Waals surface area contributed by atoms with Gasteiger partial charge in [0.05, 0.1) is 40.4 Å². The van der Waals surface area contributed by atoms with Crippen LogP contribution < -0.4 is 36.6 Å². The normalized spacial score (nSPS) is 18.1. The number of aromatic amines is 1. The monoisotopic (exact) mass is 1290 g/mol. The lowest BCUT2D eigenvalue weighted by Gasteiger charge is -2.35. The number of H-pyrrole nitrogens is 1. The van der Waals surface area contributed by atoms with Crippen LogP contribution in [0.5, 0.6) is 5.75 Å². The van der Waals surface area contributed by atoms with Gasteiger partial charge in [0.15, 0.2) is 11.6 Å². The molecule has 482 valence electrons. The lowest BCUT2D eigenvalue weighted by atomic mass is 9.85. The van der Waals surface area contributed by atoms with E-state index in [4.69, 9.17) is 15.2 Å². The fraction of sp³-hybridized carbons (Fsp3) is 0.415. The van der Waals surface area contributed by atoms with Gasteiger partial charge >= 0.3 is 13.6 Å². The highest BCUT2D eigenvalue weighted by atomic mass is 32.1. The molecule has 1 saturated heterocycles. The zero-order chi connectivity index (χ0) is 65.6. The Labute approximate surface area is 528 Å². The summed E-state index contributed by atoms with van der Waals surface area (Å²) in [7, 11) is -5.08. The van der Waals surface area contributed by atoms with E-state index in [0.717, 1.165) is 32.8 Å². The second kappa shape index (κ2) is 28.3. The van der Waals surface area contributed by atoms with Crippen molar-refractivity contribution < 1.29 is 71.4 Å². The van der Waals surface area contributed by atoms with Crippen molar-refractivity contribution >= 4 is 88.4 Å². The van der Waals surface area contributed by atoms with Crippen molar-refractivity contribution in [3.05, 3.63) is 135 Å². The molecule has 7 amide bonds. The van der Waals surface area contributed by atoms with Crippen molar-refractivity contribution in [3.63, 3.8) is 0 Å². The number of aryl methyl sites for hydroxylation is 3. The van der Waals surface area contributed by atoms with Gasteiger partial charge in [-0.05, 0) is 116 Å². The Morgan fingerprint density at radius 1 is 0.901 bits per heavy atom. The number of likely N-dealkylation sites (tertiary alicyclic amines) is 1. The number of halogens is 1. The Morgan fingerprint density at radius 3 is 2.32 bits per heavy atom. The quantitative estimate of drug-likeness (QED) is 0.0164. The lowest BCUT2D eigenvalue weighted by molar-refractivity contribution is -0.147. The highest BCUT2D eigenvalue weighted by molar-refractivity contribution is 7.70. The predicted molar refractivity (Wildman–Crippen MR) is 336 cm³/mol. The molecule has 2 aromatic heterocycles. The number of aromatic nitrogens is 2. The van der Waals surface area contributed by atoms with E-state index in [1.54, 1.807) is 38.4 Å². The smallest absolute Gasteiger partial charge is 0.396 e. The third kappa shape index (κ3) is 15.9. The molecule has 6 aromatic rings. The van der Waals surface area contributed by atoms with Gasteiger partial charge in [-0.15, -0.1) is 11.3 Å². The number of unbranched alkanes of at least 4 members (excludes halogenated alkanes) is 2. The summed E-state index contributed by atoms with van der Waals surface area (Å²) in [4.78, 5) is 151. The van der Waals surface area contributed by atoms with Crippen molar-refractivity contribution in [2.75, 3.05) is 18.1 Å². The van der Waals surface area contributed by atoms with Crippen LogP contribution in [0.25, 0.3) is 21.3 Å². The number of ether oxygens (including phenoxy) is 2. The van der Waals surface area contributed by atoms with E-state index in [9.17, 15) is 57.5 Å². The average Bonchev–Trinajstić information content (AvgIpc) is 1.62. The van der Waals surface area contributed by atoms with Gasteiger partial charge < -0.3 is 56.1 Å². The number of benzene rings is 4. The molecule has 0 aliphatic carbocycles. The minimum atomic E-state index is -5.08. The number of nitrogens with one attached hydrogen (secondary N) is 5. The van der Waals surface area contributed by atoms with E-state index in [1.165, 1.54) is 58.4 Å². The van der Waals surface area contributed by atoms with Crippen molar-refractivity contribution in [3.8, 4) is 16.2 Å². The van der Waals surface area contributed by atoms with Crippen LogP contribution in [0.3, 0.4) is 0 Å². The largest absolute Gasteiger partial charge is 0.488 e. The molecular formula is C65H75FN9O14PS. The zero-order valence-electron chi connectivity index (χ0n) is 51.3. The minimum Gasteiger partial charge on any atom is -0.488 e. The number of nitrogens with zero attached hydrogens (tertiary/aromatic N) is 3. The van der Waals surface area contributed by atoms with Crippen molar-refractivity contribution in [2.45, 2.75) is 155 Å². The van der Waals surface area contributed by atoms with Crippen molar-refractivity contribution in [1.82, 2.24) is 36.1 Å². The number of hydrogen-bond acceptors (Lipinski definition) is 14. The zero-order valence-corrected chi connectivity index (χ0v) is 53.1. The van der Waals surface area contributed by atoms with Gasteiger partial charge in [0.25, 0.3) is 11.4 Å². The highest BCUT2D eigenvalue weighted by Gasteiger charge is 2.47. The number of amides is 7. The molecule has 26 heteroatoms. The van der Waals surface area contributed by atoms with Gasteiger partial charge in [0.2, 0.25) is 35.4 Å².